The van der Waals surface area contributed by atoms with Crippen LogP contribution in [-0.4, -0.2) is 43.9 Å². The molecule has 1 aliphatic carbocycles. The highest BCUT2D eigenvalue weighted by molar-refractivity contribution is 5.80. The van der Waals surface area contributed by atoms with Gasteiger partial charge in [0.2, 0.25) is 0 Å². The van der Waals surface area contributed by atoms with E-state index in [9.17, 15) is 9.90 Å². The molecule has 0 bridgehead atoms. The Kier molecular flexibility index (Phi) is 8.03. The topological polar surface area (TPSA) is 51.0 Å². The molecule has 2 N–H and O–H groups in total. The summed E-state index contributed by atoms with van der Waals surface area (Å²) in [6.45, 7) is 1.39. The van der Waals surface area contributed by atoms with E-state index in [1.807, 2.05) is 30.3 Å². The van der Waals surface area contributed by atoms with E-state index in [1.54, 1.807) is 0 Å². The highest BCUT2D eigenvalue weighted by Gasteiger charge is 2.45. The second-order valence-electron chi connectivity index (χ2n) is 6.63. The van der Waals surface area contributed by atoms with Gasteiger partial charge in [0.15, 0.2) is 0 Å². The Morgan fingerprint density at radius 2 is 1.87 bits per heavy atom. The van der Waals surface area contributed by atoms with Crippen molar-refractivity contribution in [3.8, 4) is 0 Å². The molecule has 1 fully saturated rings. The number of halogens is 1. The zero-order valence-corrected chi connectivity index (χ0v) is 14.8. The molecule has 0 spiro atoms. The number of quaternary nitrogens is 1. The molecule has 5 heteroatoms. The number of nitrogens with one attached hydrogen (secondary N) is 1. The lowest BCUT2D eigenvalue weighted by molar-refractivity contribution is -0.858. The van der Waals surface area contributed by atoms with Gasteiger partial charge in [-0.2, -0.15) is 0 Å². The van der Waals surface area contributed by atoms with E-state index in [0.717, 1.165) is 31.4 Å². The van der Waals surface area contributed by atoms with E-state index in [-0.39, 0.29) is 18.4 Å². The predicted octanol–water partition coefficient (Wildman–Crippen LogP) is -1.84. The van der Waals surface area contributed by atoms with Gasteiger partial charge in [-0.15, -0.1) is 0 Å². The number of esters is 1. The van der Waals surface area contributed by atoms with Crippen molar-refractivity contribution in [3.05, 3.63) is 35.9 Å². The van der Waals surface area contributed by atoms with Crippen molar-refractivity contribution < 1.29 is 31.9 Å². The molecule has 1 saturated carbocycles. The van der Waals surface area contributed by atoms with Gasteiger partial charge in [-0.1, -0.05) is 43.2 Å². The summed E-state index contributed by atoms with van der Waals surface area (Å²) in [6.07, 6.45) is 4.12. The summed E-state index contributed by atoms with van der Waals surface area (Å²) in [5, 5.41) is 10.9. The number of aliphatic hydroxyl groups is 1. The zero-order valence-electron chi connectivity index (χ0n) is 14.1. The van der Waals surface area contributed by atoms with Gasteiger partial charge in [0, 0.05) is 6.42 Å². The maximum Gasteiger partial charge on any atom is 0.316 e. The largest absolute Gasteiger partial charge is 1.00 e. The van der Waals surface area contributed by atoms with Crippen LogP contribution in [-0.2, 0) is 9.53 Å². The van der Waals surface area contributed by atoms with Gasteiger partial charge in [-0.3, -0.25) is 4.79 Å². The molecule has 4 nitrogen and oxygen atoms in total. The first-order valence-corrected chi connectivity index (χ1v) is 8.26. The molecule has 23 heavy (non-hydrogen) atoms. The third kappa shape index (κ3) is 5.48. The molecule has 1 aliphatic rings. The van der Waals surface area contributed by atoms with Crippen LogP contribution in [0.1, 0.15) is 43.6 Å². The molecule has 1 unspecified atom stereocenters. The van der Waals surface area contributed by atoms with Crippen molar-refractivity contribution in [1.82, 2.24) is 0 Å². The molecule has 2 rings (SSSR count). The second kappa shape index (κ2) is 9.26. The summed E-state index contributed by atoms with van der Waals surface area (Å²) in [5.41, 5.74) is -0.0965. The summed E-state index contributed by atoms with van der Waals surface area (Å²) < 4.78 is 5.47. The van der Waals surface area contributed by atoms with Gasteiger partial charge >= 0.3 is 5.97 Å². The van der Waals surface area contributed by atoms with Crippen LogP contribution in [0.25, 0.3) is 0 Å². The molecule has 0 amide bonds. The lowest BCUT2D eigenvalue weighted by Crippen LogP contribution is -3.05. The highest BCUT2D eigenvalue weighted by atomic mass is 35.5. The highest BCUT2D eigenvalue weighted by Crippen LogP contribution is 2.41. The molecule has 1 atom stereocenters. The number of carbonyl (C=O) groups excluding carboxylic acids is 1. The first-order valence-electron chi connectivity index (χ1n) is 8.26. The molecule has 0 saturated heterocycles. The molecule has 1 aromatic carbocycles. The van der Waals surface area contributed by atoms with Crippen LogP contribution in [0.5, 0.6) is 0 Å². The fraction of sp³-hybridized carbons (Fsp3) is 0.611. The summed E-state index contributed by atoms with van der Waals surface area (Å²) in [5.74, 6) is -0.854. The molecule has 0 aliphatic heterocycles. The number of hydrogen-bond donors (Lipinski definition) is 2. The van der Waals surface area contributed by atoms with Crippen LogP contribution >= 0.6 is 0 Å². The average Bonchev–Trinajstić information content (AvgIpc) is 2.92. The van der Waals surface area contributed by atoms with Gasteiger partial charge in [-0.25, -0.2) is 0 Å². The molecule has 1 aromatic rings. The molecule has 0 heterocycles. The minimum absolute atomic E-state index is 0. The van der Waals surface area contributed by atoms with Crippen LogP contribution in [0.2, 0.25) is 0 Å². The summed E-state index contributed by atoms with van der Waals surface area (Å²) in [4.78, 5) is 13.9. The fourth-order valence-electron chi connectivity index (χ4n) is 3.27. The van der Waals surface area contributed by atoms with E-state index >= 15 is 0 Å². The van der Waals surface area contributed by atoms with Crippen LogP contribution in [0.3, 0.4) is 0 Å². The van der Waals surface area contributed by atoms with Crippen LogP contribution < -0.4 is 17.3 Å². The standard InChI is InChI=1S/C18H27NO3.ClH/c1-19(2)13-8-14-22-17(20)16(15-9-4-3-5-10-15)18(21)11-6-7-12-18;/h3-5,9-10,16,21H,6-8,11-14H2,1-2H3;1H. The Hall–Kier alpha value is -1.10. The Labute approximate surface area is 145 Å². The van der Waals surface area contributed by atoms with Crippen LogP contribution in [0.15, 0.2) is 30.3 Å². The quantitative estimate of drug-likeness (QED) is 0.452. The van der Waals surface area contributed by atoms with Crippen molar-refractivity contribution in [2.45, 2.75) is 43.6 Å². The lowest BCUT2D eigenvalue weighted by Gasteiger charge is -2.31. The zero-order chi connectivity index (χ0) is 16.0. The Balaban J connectivity index is 0.00000264. The second-order valence-corrected chi connectivity index (χ2v) is 6.63. The van der Waals surface area contributed by atoms with E-state index < -0.39 is 11.5 Å². The lowest BCUT2D eigenvalue weighted by atomic mass is 9.81. The SMILES string of the molecule is C[NH+](C)CCCOC(=O)C(c1ccccc1)C1(O)CCCC1.[Cl-]. The van der Waals surface area contributed by atoms with E-state index in [1.165, 1.54) is 4.90 Å². The fourth-order valence-corrected chi connectivity index (χ4v) is 3.27. The maximum absolute atomic E-state index is 12.6. The number of rotatable bonds is 7. The summed E-state index contributed by atoms with van der Waals surface area (Å²) in [6, 6.07) is 9.55. The van der Waals surface area contributed by atoms with Crippen molar-refractivity contribution in [1.29, 1.82) is 0 Å². The monoisotopic (exact) mass is 341 g/mol. The third-order valence-corrected chi connectivity index (χ3v) is 4.44. The van der Waals surface area contributed by atoms with Crippen LogP contribution in [0.4, 0.5) is 0 Å². The predicted molar refractivity (Wildman–Crippen MR) is 85.9 cm³/mol. The van der Waals surface area contributed by atoms with E-state index in [0.29, 0.717) is 19.4 Å². The number of carbonyl (C=O) groups is 1. The van der Waals surface area contributed by atoms with Crippen LogP contribution in [0, 0.1) is 0 Å². The van der Waals surface area contributed by atoms with Gasteiger partial charge in [0.25, 0.3) is 0 Å². The first-order chi connectivity index (χ1) is 10.5. The molecule has 130 valence electrons. The average molecular weight is 342 g/mol. The smallest absolute Gasteiger partial charge is 0.316 e. The minimum Gasteiger partial charge on any atom is -1.00 e. The number of ether oxygens (including phenoxy) is 1. The van der Waals surface area contributed by atoms with Gasteiger partial charge in [0.05, 0.1) is 32.8 Å². The van der Waals surface area contributed by atoms with Crippen molar-refractivity contribution in [2.24, 2.45) is 0 Å². The third-order valence-electron chi connectivity index (χ3n) is 4.44. The van der Waals surface area contributed by atoms with Crippen molar-refractivity contribution in [3.63, 3.8) is 0 Å². The molecule has 0 radical (unpaired) electrons. The molecular formula is C18H28ClNO3. The van der Waals surface area contributed by atoms with Crippen molar-refractivity contribution >= 4 is 5.97 Å². The molecule has 0 aromatic heterocycles. The Morgan fingerprint density at radius 1 is 1.26 bits per heavy atom. The van der Waals surface area contributed by atoms with Crippen molar-refractivity contribution in [2.75, 3.05) is 27.2 Å². The van der Waals surface area contributed by atoms with E-state index in [4.69, 9.17) is 4.74 Å². The molecular weight excluding hydrogens is 314 g/mol. The first kappa shape index (κ1) is 19.9. The van der Waals surface area contributed by atoms with Gasteiger partial charge in [-0.05, 0) is 18.4 Å². The summed E-state index contributed by atoms with van der Waals surface area (Å²) >= 11 is 0. The minimum atomic E-state index is -0.953. The van der Waals surface area contributed by atoms with Gasteiger partial charge in [0.1, 0.15) is 5.92 Å². The summed E-state index contributed by atoms with van der Waals surface area (Å²) in [7, 11) is 4.16. The van der Waals surface area contributed by atoms with Gasteiger partial charge < -0.3 is 27.2 Å². The normalized spacial score (nSPS) is 17.6. The number of benzene rings is 1. The Bertz CT molecular complexity index is 472. The van der Waals surface area contributed by atoms with E-state index in [2.05, 4.69) is 14.1 Å². The Morgan fingerprint density at radius 3 is 2.43 bits per heavy atom. The number of hydrogen-bond acceptors (Lipinski definition) is 3. The maximum atomic E-state index is 12.6.